The molecular weight excluding hydrogens is 661 g/mol. The second kappa shape index (κ2) is 12.8. The number of likely N-dealkylation sites (N-methyl/N-ethyl adjacent to an activating group) is 1. The summed E-state index contributed by atoms with van der Waals surface area (Å²) < 4.78 is 19.5. The minimum atomic E-state index is -0.838. The van der Waals surface area contributed by atoms with Gasteiger partial charge in [0.2, 0.25) is 5.88 Å². The average Bonchev–Trinajstić information content (AvgIpc) is 3.92. The number of Topliss-reactive ketones (excluding diaryl/α,β-unsaturated/α-hetero) is 1. The van der Waals surface area contributed by atoms with E-state index in [1.165, 1.54) is 16.0 Å². The Morgan fingerprint density at radius 2 is 2.18 bits per heavy atom. The molecule has 2 amide bonds. The van der Waals surface area contributed by atoms with E-state index in [1.807, 2.05) is 6.92 Å². The Labute approximate surface area is 292 Å². The lowest BCUT2D eigenvalue weighted by Gasteiger charge is -2.38. The van der Waals surface area contributed by atoms with Crippen molar-refractivity contribution in [2.45, 2.75) is 81.9 Å². The van der Waals surface area contributed by atoms with Crippen molar-refractivity contribution in [2.75, 3.05) is 37.9 Å². The normalized spacial score (nSPS) is 23.7. The number of ketones is 1. The molecule has 2 aliphatic carbocycles. The number of likely N-dealkylation sites (tertiary alicyclic amines) is 1. The van der Waals surface area contributed by atoms with E-state index in [2.05, 4.69) is 38.9 Å². The van der Waals surface area contributed by atoms with E-state index in [1.54, 1.807) is 18.3 Å². The van der Waals surface area contributed by atoms with Crippen LogP contribution in [0.4, 0.5) is 15.6 Å². The van der Waals surface area contributed by atoms with Crippen LogP contribution in [-0.4, -0.2) is 86.6 Å². The number of amides is 2. The minimum Gasteiger partial charge on any atom is -0.473 e. The molecule has 0 radical (unpaired) electrons. The SMILES string of the molecule is C[C@H](Oc1cc(-n2ccc(NC(=O)N[C@H]3CCOC3)n2)nc(-c2noc3c2CC(=O)CC32CCCc3sc(N)c(C#N)c32)n1)[C@@H]1CCCN1C. The van der Waals surface area contributed by atoms with Crippen LogP contribution < -0.4 is 21.1 Å². The summed E-state index contributed by atoms with van der Waals surface area (Å²) in [4.78, 5) is 39.1. The lowest BCUT2D eigenvalue weighted by atomic mass is 9.63. The smallest absolute Gasteiger partial charge is 0.320 e. The van der Waals surface area contributed by atoms with Crippen LogP contribution in [0.15, 0.2) is 22.9 Å². The quantitative estimate of drug-likeness (QED) is 0.253. The van der Waals surface area contributed by atoms with Gasteiger partial charge in [-0.1, -0.05) is 5.16 Å². The number of rotatable bonds is 7. The number of anilines is 2. The number of fused-ring (bicyclic) bond motifs is 4. The highest BCUT2D eigenvalue weighted by atomic mass is 32.1. The molecule has 4 aliphatic rings. The van der Waals surface area contributed by atoms with Gasteiger partial charge in [0.05, 0.1) is 23.6 Å². The number of ether oxygens (including phenoxy) is 2. The van der Waals surface area contributed by atoms with Crippen LogP contribution in [-0.2, 0) is 27.8 Å². The summed E-state index contributed by atoms with van der Waals surface area (Å²) in [6, 6.07) is 5.44. The van der Waals surface area contributed by atoms with E-state index in [4.69, 9.17) is 29.7 Å². The third-order valence-electron chi connectivity index (χ3n) is 10.4. The molecular formula is C34H38N10O5S. The number of aromatic nitrogens is 5. The van der Waals surface area contributed by atoms with Gasteiger partial charge in [-0.3, -0.25) is 15.0 Å². The zero-order valence-electron chi connectivity index (χ0n) is 27.9. The molecule has 4 atom stereocenters. The summed E-state index contributed by atoms with van der Waals surface area (Å²) in [5, 5.41) is 25.3. The Balaban J connectivity index is 1.18. The Hall–Kier alpha value is -4.85. The van der Waals surface area contributed by atoms with Crippen molar-refractivity contribution in [1.82, 2.24) is 35.1 Å². The zero-order chi connectivity index (χ0) is 34.6. The fourth-order valence-corrected chi connectivity index (χ4v) is 9.23. The summed E-state index contributed by atoms with van der Waals surface area (Å²) in [5.41, 5.74) is 7.61. The first-order valence-electron chi connectivity index (χ1n) is 17.0. The molecule has 0 aromatic carbocycles. The molecule has 4 aromatic heterocycles. The first kappa shape index (κ1) is 32.4. The third kappa shape index (κ3) is 5.68. The molecule has 8 rings (SSSR count). The van der Waals surface area contributed by atoms with Gasteiger partial charge in [0, 0.05) is 59.8 Å². The number of hydrogen-bond acceptors (Lipinski definition) is 13. The maximum atomic E-state index is 13.6. The van der Waals surface area contributed by atoms with Crippen LogP contribution >= 0.6 is 11.3 Å². The van der Waals surface area contributed by atoms with Crippen molar-refractivity contribution in [3.05, 3.63) is 45.7 Å². The highest BCUT2D eigenvalue weighted by molar-refractivity contribution is 7.16. The van der Waals surface area contributed by atoms with Crippen LogP contribution in [0.25, 0.3) is 17.3 Å². The average molecular weight is 699 g/mol. The number of urea groups is 1. The number of aryl methyl sites for hydroxylation is 1. The number of nitrogens with two attached hydrogens (primary N) is 1. The van der Waals surface area contributed by atoms with E-state index >= 15 is 0 Å². The topological polar surface area (TPSA) is 199 Å². The number of nitrogen functional groups attached to an aromatic ring is 1. The number of hydrogen-bond donors (Lipinski definition) is 3. The van der Waals surface area contributed by atoms with Gasteiger partial charge in [-0.05, 0) is 59.0 Å². The minimum absolute atomic E-state index is 0.0132. The molecule has 4 aromatic rings. The van der Waals surface area contributed by atoms with Crippen molar-refractivity contribution in [1.29, 1.82) is 5.26 Å². The number of thiophene rings is 1. The number of carbonyl (C=O) groups is 2. The van der Waals surface area contributed by atoms with E-state index < -0.39 is 5.41 Å². The summed E-state index contributed by atoms with van der Waals surface area (Å²) in [6.45, 7) is 4.11. The number of nitriles is 1. The van der Waals surface area contributed by atoms with E-state index in [-0.39, 0.29) is 48.7 Å². The highest BCUT2D eigenvalue weighted by Crippen LogP contribution is 2.54. The summed E-state index contributed by atoms with van der Waals surface area (Å²) in [7, 11) is 2.09. The van der Waals surface area contributed by atoms with Gasteiger partial charge < -0.3 is 25.0 Å². The Kier molecular flexibility index (Phi) is 8.28. The van der Waals surface area contributed by atoms with E-state index in [0.29, 0.717) is 64.7 Å². The first-order valence-corrected chi connectivity index (χ1v) is 17.8. The Morgan fingerprint density at radius 1 is 1.30 bits per heavy atom. The molecule has 50 heavy (non-hydrogen) atoms. The standard InChI is InChI=1S/C34H38N10O5S/c1-18(23-5-4-10-43(23)2)48-27-14-26(44-11-7-25(41-44)38-33(46)37-19-8-12-47-17-19)39-32(40-27)29-21-13-20(45)15-34(30(21)49-42-29)9-3-6-24-28(34)22(16-35)31(36)50-24/h7,11,14,18-19,23H,3-6,8-10,12-13,15,17,36H2,1-2H3,(H2,37,38,41,46)/t18-,19-,23-,34?/m0/s1. The van der Waals surface area contributed by atoms with Gasteiger partial charge in [0.25, 0.3) is 0 Å². The van der Waals surface area contributed by atoms with Crippen molar-refractivity contribution < 1.29 is 23.6 Å². The number of nitrogens with zero attached hydrogens (tertiary/aromatic N) is 7. The Bertz CT molecular complexity index is 2010. The van der Waals surface area contributed by atoms with Gasteiger partial charge >= 0.3 is 6.03 Å². The fourth-order valence-electron chi connectivity index (χ4n) is 8.07. The van der Waals surface area contributed by atoms with Crippen LogP contribution in [0.5, 0.6) is 5.88 Å². The predicted octanol–water partition coefficient (Wildman–Crippen LogP) is 3.74. The van der Waals surface area contributed by atoms with Crippen molar-refractivity contribution in [2.24, 2.45) is 0 Å². The molecule has 4 N–H and O–H groups in total. The zero-order valence-corrected chi connectivity index (χ0v) is 28.7. The van der Waals surface area contributed by atoms with Crippen LogP contribution in [0.3, 0.4) is 0 Å². The number of carbonyl (C=O) groups excluding carboxylic acids is 2. The Morgan fingerprint density at radius 3 is 2.96 bits per heavy atom. The molecule has 2 fully saturated rings. The lowest BCUT2D eigenvalue weighted by molar-refractivity contribution is -0.120. The molecule has 2 aliphatic heterocycles. The molecule has 0 bridgehead atoms. The van der Waals surface area contributed by atoms with Crippen LogP contribution in [0.2, 0.25) is 0 Å². The van der Waals surface area contributed by atoms with Gasteiger partial charge in [-0.25, -0.2) is 14.5 Å². The maximum Gasteiger partial charge on any atom is 0.320 e. The second-order valence-electron chi connectivity index (χ2n) is 13.6. The molecule has 6 heterocycles. The second-order valence-corrected chi connectivity index (χ2v) is 14.8. The first-order chi connectivity index (χ1) is 24.2. The summed E-state index contributed by atoms with van der Waals surface area (Å²) >= 11 is 1.41. The highest BCUT2D eigenvalue weighted by Gasteiger charge is 2.51. The molecule has 16 heteroatoms. The summed E-state index contributed by atoms with van der Waals surface area (Å²) in [5.74, 6) is 1.80. The van der Waals surface area contributed by atoms with Crippen molar-refractivity contribution >= 4 is 34.0 Å². The largest absolute Gasteiger partial charge is 0.473 e. The molecule has 15 nitrogen and oxygen atoms in total. The van der Waals surface area contributed by atoms with E-state index in [9.17, 15) is 14.9 Å². The third-order valence-corrected chi connectivity index (χ3v) is 11.4. The predicted molar refractivity (Wildman–Crippen MR) is 182 cm³/mol. The van der Waals surface area contributed by atoms with Gasteiger partial charge in [-0.2, -0.15) is 10.2 Å². The fraction of sp³-hybridized carbons (Fsp3) is 0.500. The van der Waals surface area contributed by atoms with Crippen LogP contribution in [0, 0.1) is 11.3 Å². The molecule has 260 valence electrons. The molecule has 1 unspecified atom stereocenters. The van der Waals surface area contributed by atoms with Crippen molar-refractivity contribution in [3.8, 4) is 29.3 Å². The monoisotopic (exact) mass is 698 g/mol. The van der Waals surface area contributed by atoms with Gasteiger partial charge in [0.1, 0.15) is 23.0 Å². The van der Waals surface area contributed by atoms with Gasteiger partial charge in [-0.15, -0.1) is 16.4 Å². The molecule has 1 spiro atoms. The lowest BCUT2D eigenvalue weighted by Crippen LogP contribution is -2.39. The molecule has 0 saturated carbocycles. The van der Waals surface area contributed by atoms with Crippen molar-refractivity contribution in [3.63, 3.8) is 0 Å². The van der Waals surface area contributed by atoms with Crippen LogP contribution in [0.1, 0.15) is 72.8 Å². The summed E-state index contributed by atoms with van der Waals surface area (Å²) in [6.07, 6.45) is 6.89. The van der Waals surface area contributed by atoms with Gasteiger partial charge in [0.15, 0.2) is 28.9 Å². The number of nitrogens with one attached hydrogen (secondary N) is 2. The maximum absolute atomic E-state index is 13.6. The van der Waals surface area contributed by atoms with E-state index in [0.717, 1.165) is 49.1 Å². The molecule has 2 saturated heterocycles.